The molecule has 0 aliphatic heterocycles. The highest BCUT2D eigenvalue weighted by atomic mass is 16.2. The third-order valence-corrected chi connectivity index (χ3v) is 4.84. The van der Waals surface area contributed by atoms with Gasteiger partial charge in [0.2, 0.25) is 11.8 Å². The molecule has 1 rings (SSSR count). The van der Waals surface area contributed by atoms with E-state index < -0.39 is 0 Å². The van der Waals surface area contributed by atoms with Crippen molar-refractivity contribution in [3.8, 4) is 0 Å². The molecule has 1 atom stereocenters. The molecule has 0 N–H and O–H groups in total. The maximum absolute atomic E-state index is 13.0. The number of amides is 2. The second kappa shape index (κ2) is 11.0. The van der Waals surface area contributed by atoms with Crippen molar-refractivity contribution in [3.05, 3.63) is 24.0 Å². The Balaban J connectivity index is 2.89. The van der Waals surface area contributed by atoms with Crippen LogP contribution in [0.3, 0.4) is 0 Å². The van der Waals surface area contributed by atoms with Gasteiger partial charge in [-0.25, -0.2) is 0 Å². The molecule has 0 radical (unpaired) electrons. The number of nitrogens with zero attached hydrogens (tertiary/aromatic N) is 3. The van der Waals surface area contributed by atoms with Gasteiger partial charge in [-0.2, -0.15) is 0 Å². The van der Waals surface area contributed by atoms with Gasteiger partial charge in [-0.15, -0.1) is 0 Å². The number of hydrogen-bond donors (Lipinski definition) is 0. The van der Waals surface area contributed by atoms with Gasteiger partial charge in [0.25, 0.3) is 0 Å². The maximum atomic E-state index is 13.0. The summed E-state index contributed by atoms with van der Waals surface area (Å²) in [6.07, 6.45) is 5.23. The maximum Gasteiger partial charge on any atom is 0.242 e. The first-order chi connectivity index (χ1) is 12.3. The Kier molecular flexibility index (Phi) is 9.46. The zero-order chi connectivity index (χ0) is 19.7. The minimum absolute atomic E-state index is 0.0325. The van der Waals surface area contributed by atoms with Crippen LogP contribution in [-0.4, -0.2) is 45.3 Å². The van der Waals surface area contributed by atoms with Gasteiger partial charge in [0.05, 0.1) is 13.1 Å². The Bertz CT molecular complexity index is 565. The van der Waals surface area contributed by atoms with Crippen molar-refractivity contribution in [1.29, 1.82) is 0 Å². The van der Waals surface area contributed by atoms with E-state index in [0.29, 0.717) is 25.4 Å². The van der Waals surface area contributed by atoms with Crippen molar-refractivity contribution >= 4 is 11.8 Å². The Morgan fingerprint density at radius 2 is 1.85 bits per heavy atom. The van der Waals surface area contributed by atoms with Gasteiger partial charge < -0.3 is 14.4 Å². The number of carbonyl (C=O) groups excluding carboxylic acids is 2. The van der Waals surface area contributed by atoms with Crippen molar-refractivity contribution < 1.29 is 9.59 Å². The van der Waals surface area contributed by atoms with Crippen molar-refractivity contribution in [2.45, 2.75) is 72.9 Å². The first-order valence-electron chi connectivity index (χ1n) is 9.97. The number of carbonyl (C=O) groups is 2. The number of rotatable bonds is 11. The largest absolute Gasteiger partial charge is 0.353 e. The summed E-state index contributed by atoms with van der Waals surface area (Å²) in [4.78, 5) is 29.3. The molecule has 2 amide bonds. The average Bonchev–Trinajstić information content (AvgIpc) is 3.00. The first kappa shape index (κ1) is 22.3. The fraction of sp³-hybridized carbons (Fsp3) is 0.714. The van der Waals surface area contributed by atoms with Crippen LogP contribution in [0.25, 0.3) is 0 Å². The van der Waals surface area contributed by atoms with Crippen LogP contribution in [0.15, 0.2) is 18.3 Å². The molecule has 1 aromatic heterocycles. The SMILES string of the molecule is CCCCC(=O)N(CC(=O)N(Cc1cccn1C)CC(C)C)C(C)CC. The van der Waals surface area contributed by atoms with Gasteiger partial charge in [0.1, 0.15) is 0 Å². The molecular weight excluding hydrogens is 326 g/mol. The van der Waals surface area contributed by atoms with E-state index in [0.717, 1.165) is 25.0 Å². The molecule has 0 saturated carbocycles. The molecule has 0 saturated heterocycles. The number of hydrogen-bond acceptors (Lipinski definition) is 2. The topological polar surface area (TPSA) is 45.6 Å². The Morgan fingerprint density at radius 3 is 2.35 bits per heavy atom. The third kappa shape index (κ3) is 6.85. The van der Waals surface area contributed by atoms with E-state index in [9.17, 15) is 9.59 Å². The zero-order valence-electron chi connectivity index (χ0n) is 17.5. The molecule has 1 unspecified atom stereocenters. The number of unbranched alkanes of at least 4 members (excludes halogenated alkanes) is 1. The van der Waals surface area contributed by atoms with E-state index in [4.69, 9.17) is 0 Å². The van der Waals surface area contributed by atoms with Gasteiger partial charge in [0, 0.05) is 37.9 Å². The second-order valence-electron chi connectivity index (χ2n) is 7.66. The number of aryl methyl sites for hydroxylation is 1. The lowest BCUT2D eigenvalue weighted by atomic mass is 10.1. The lowest BCUT2D eigenvalue weighted by Crippen LogP contribution is -2.47. The summed E-state index contributed by atoms with van der Waals surface area (Å²) < 4.78 is 2.04. The quantitative estimate of drug-likeness (QED) is 0.600. The van der Waals surface area contributed by atoms with Crippen molar-refractivity contribution in [3.63, 3.8) is 0 Å². The van der Waals surface area contributed by atoms with Gasteiger partial charge in [-0.3, -0.25) is 9.59 Å². The normalized spacial score (nSPS) is 12.3. The van der Waals surface area contributed by atoms with E-state index in [1.54, 1.807) is 4.90 Å². The molecule has 1 heterocycles. The van der Waals surface area contributed by atoms with E-state index in [2.05, 4.69) is 27.7 Å². The van der Waals surface area contributed by atoms with Crippen molar-refractivity contribution in [2.24, 2.45) is 13.0 Å². The molecule has 0 aromatic carbocycles. The summed E-state index contributed by atoms with van der Waals surface area (Å²) in [6.45, 7) is 11.9. The van der Waals surface area contributed by atoms with Crippen LogP contribution in [0.2, 0.25) is 0 Å². The standard InChI is InChI=1S/C21H37N3O2/c1-7-9-12-20(25)24(18(5)8-2)16-21(26)23(14-17(3)4)15-19-11-10-13-22(19)6/h10-11,13,17-18H,7-9,12,14-16H2,1-6H3. The van der Waals surface area contributed by atoms with Crippen LogP contribution in [-0.2, 0) is 23.2 Å². The molecule has 0 aliphatic rings. The highest BCUT2D eigenvalue weighted by Gasteiger charge is 2.25. The molecule has 0 spiro atoms. The van der Waals surface area contributed by atoms with Gasteiger partial charge in [-0.1, -0.05) is 34.1 Å². The molecular formula is C21H37N3O2. The second-order valence-corrected chi connectivity index (χ2v) is 7.66. The fourth-order valence-corrected chi connectivity index (χ4v) is 2.98. The van der Waals surface area contributed by atoms with Crippen LogP contribution in [0.4, 0.5) is 0 Å². The molecule has 26 heavy (non-hydrogen) atoms. The molecule has 1 aromatic rings. The van der Waals surface area contributed by atoms with Crippen molar-refractivity contribution in [1.82, 2.24) is 14.4 Å². The number of aromatic nitrogens is 1. The minimum Gasteiger partial charge on any atom is -0.353 e. The molecule has 148 valence electrons. The summed E-state index contributed by atoms with van der Waals surface area (Å²) in [5, 5.41) is 0. The summed E-state index contributed by atoms with van der Waals surface area (Å²) in [7, 11) is 1.99. The molecule has 0 bridgehead atoms. The molecule has 5 nitrogen and oxygen atoms in total. The minimum atomic E-state index is 0.0325. The highest BCUT2D eigenvalue weighted by molar-refractivity contribution is 5.85. The zero-order valence-corrected chi connectivity index (χ0v) is 17.5. The summed E-state index contributed by atoms with van der Waals surface area (Å²) in [5.74, 6) is 0.509. The Morgan fingerprint density at radius 1 is 1.15 bits per heavy atom. The average molecular weight is 364 g/mol. The molecule has 5 heteroatoms. The summed E-state index contributed by atoms with van der Waals surface area (Å²) in [6, 6.07) is 4.12. The van der Waals surface area contributed by atoms with Crippen LogP contribution >= 0.6 is 0 Å². The predicted molar refractivity (Wildman–Crippen MR) is 107 cm³/mol. The monoisotopic (exact) mass is 363 g/mol. The van der Waals surface area contributed by atoms with Crippen LogP contribution in [0.5, 0.6) is 0 Å². The third-order valence-electron chi connectivity index (χ3n) is 4.84. The summed E-state index contributed by atoms with van der Waals surface area (Å²) in [5.41, 5.74) is 1.10. The van der Waals surface area contributed by atoms with E-state index >= 15 is 0 Å². The van der Waals surface area contributed by atoms with E-state index in [1.165, 1.54) is 0 Å². The molecule has 0 fully saturated rings. The predicted octanol–water partition coefficient (Wildman–Crippen LogP) is 3.83. The summed E-state index contributed by atoms with van der Waals surface area (Å²) >= 11 is 0. The van der Waals surface area contributed by atoms with E-state index in [1.807, 2.05) is 41.8 Å². The van der Waals surface area contributed by atoms with Crippen LogP contribution in [0.1, 0.15) is 66.0 Å². The van der Waals surface area contributed by atoms with Gasteiger partial charge in [0.15, 0.2) is 0 Å². The Labute approximate surface area is 159 Å². The van der Waals surface area contributed by atoms with Crippen LogP contribution in [0, 0.1) is 5.92 Å². The van der Waals surface area contributed by atoms with Gasteiger partial charge >= 0.3 is 0 Å². The van der Waals surface area contributed by atoms with Crippen molar-refractivity contribution in [2.75, 3.05) is 13.1 Å². The van der Waals surface area contributed by atoms with E-state index in [-0.39, 0.29) is 24.4 Å². The highest BCUT2D eigenvalue weighted by Crippen LogP contribution is 2.13. The fourth-order valence-electron chi connectivity index (χ4n) is 2.98. The first-order valence-corrected chi connectivity index (χ1v) is 9.97. The smallest absolute Gasteiger partial charge is 0.242 e. The lowest BCUT2D eigenvalue weighted by Gasteiger charge is -2.32. The molecule has 0 aliphatic carbocycles. The Hall–Kier alpha value is -1.78. The van der Waals surface area contributed by atoms with Gasteiger partial charge in [-0.05, 0) is 37.8 Å². The lowest BCUT2D eigenvalue weighted by molar-refractivity contribution is -0.143. The van der Waals surface area contributed by atoms with Crippen LogP contribution < -0.4 is 0 Å².